The summed E-state index contributed by atoms with van der Waals surface area (Å²) >= 11 is 0. The molecule has 4 nitrogen and oxygen atoms in total. The average Bonchev–Trinajstić information content (AvgIpc) is 2.55. The molecule has 0 bridgehead atoms. The molecule has 22 heavy (non-hydrogen) atoms. The molecule has 1 aromatic rings. The van der Waals surface area contributed by atoms with Crippen LogP contribution in [0.3, 0.4) is 0 Å². The molecule has 0 saturated carbocycles. The lowest BCUT2D eigenvalue weighted by atomic mass is 9.85. The molecular weight excluding hydrogens is 278 g/mol. The van der Waals surface area contributed by atoms with Gasteiger partial charge in [0.25, 0.3) is 0 Å². The second-order valence-corrected chi connectivity index (χ2v) is 5.75. The van der Waals surface area contributed by atoms with E-state index in [1.165, 1.54) is 12.7 Å². The second-order valence-electron chi connectivity index (χ2n) is 5.75. The van der Waals surface area contributed by atoms with Crippen LogP contribution >= 0.6 is 0 Å². The molecule has 0 fully saturated rings. The summed E-state index contributed by atoms with van der Waals surface area (Å²) in [5.41, 5.74) is 4.27. The Morgan fingerprint density at radius 3 is 2.45 bits per heavy atom. The predicted molar refractivity (Wildman–Crippen MR) is 88.4 cm³/mol. The Bertz CT molecular complexity index is 422. The summed E-state index contributed by atoms with van der Waals surface area (Å²) in [6.07, 6.45) is 3.69. The first-order chi connectivity index (χ1) is 10.6. The minimum Gasteiger partial charge on any atom is -0.469 e. The molecule has 0 saturated heterocycles. The lowest BCUT2D eigenvalue weighted by Crippen LogP contribution is -2.41. The van der Waals surface area contributed by atoms with Crippen LogP contribution in [0.4, 0.5) is 0 Å². The molecule has 1 N–H and O–H groups in total. The molecule has 0 heterocycles. The third-order valence-corrected chi connectivity index (χ3v) is 4.10. The van der Waals surface area contributed by atoms with E-state index < -0.39 is 0 Å². The van der Waals surface area contributed by atoms with Crippen LogP contribution in [0.15, 0.2) is 30.3 Å². The number of unbranched alkanes of at least 4 members (excludes halogenated alkanes) is 1. The van der Waals surface area contributed by atoms with Crippen LogP contribution in [-0.2, 0) is 14.4 Å². The van der Waals surface area contributed by atoms with Gasteiger partial charge in [-0.2, -0.15) is 5.48 Å². The average molecular weight is 307 g/mol. The number of esters is 1. The van der Waals surface area contributed by atoms with Gasteiger partial charge in [-0.15, -0.1) is 0 Å². The minimum atomic E-state index is -0.184. The van der Waals surface area contributed by atoms with E-state index in [4.69, 9.17) is 9.57 Å². The Morgan fingerprint density at radius 2 is 1.91 bits per heavy atom. The van der Waals surface area contributed by atoms with Crippen LogP contribution in [-0.4, -0.2) is 26.2 Å². The van der Waals surface area contributed by atoms with Crippen molar-refractivity contribution in [3.63, 3.8) is 0 Å². The zero-order chi connectivity index (χ0) is 16.4. The smallest absolute Gasteiger partial charge is 0.310 e. The van der Waals surface area contributed by atoms with Gasteiger partial charge < -0.3 is 9.57 Å². The number of carbonyl (C=O) groups excluding carboxylic acids is 1. The lowest BCUT2D eigenvalue weighted by molar-refractivity contribution is -0.148. The third kappa shape index (κ3) is 5.78. The number of hydrogen-bond donors (Lipinski definition) is 1. The molecule has 0 aliphatic carbocycles. The molecule has 1 aromatic carbocycles. The molecular formula is C18H29NO3. The molecule has 0 aromatic heterocycles. The van der Waals surface area contributed by atoms with Gasteiger partial charge in [0, 0.05) is 6.04 Å². The zero-order valence-electron chi connectivity index (χ0n) is 14.2. The Kier molecular flexibility index (Phi) is 8.78. The van der Waals surface area contributed by atoms with E-state index in [1.54, 1.807) is 7.11 Å². The highest BCUT2D eigenvalue weighted by Gasteiger charge is 2.30. The number of hydroxylamine groups is 1. The SMILES string of the molecule is CCCCC(C(=O)OC)C(CC(C)c1ccccc1)NOC. The van der Waals surface area contributed by atoms with Crippen LogP contribution in [0.2, 0.25) is 0 Å². The summed E-state index contributed by atoms with van der Waals surface area (Å²) in [6, 6.07) is 10.3. The molecule has 0 radical (unpaired) electrons. The van der Waals surface area contributed by atoms with E-state index in [1.807, 2.05) is 18.2 Å². The van der Waals surface area contributed by atoms with E-state index in [0.29, 0.717) is 5.92 Å². The van der Waals surface area contributed by atoms with E-state index in [0.717, 1.165) is 25.7 Å². The lowest BCUT2D eigenvalue weighted by Gasteiger charge is -2.28. The Morgan fingerprint density at radius 1 is 1.23 bits per heavy atom. The van der Waals surface area contributed by atoms with Crippen molar-refractivity contribution >= 4 is 5.97 Å². The summed E-state index contributed by atoms with van der Waals surface area (Å²) in [6.45, 7) is 4.30. The first kappa shape index (κ1) is 18.7. The maximum Gasteiger partial charge on any atom is 0.310 e. The van der Waals surface area contributed by atoms with Crippen molar-refractivity contribution in [1.82, 2.24) is 5.48 Å². The highest BCUT2D eigenvalue weighted by atomic mass is 16.6. The van der Waals surface area contributed by atoms with Crippen molar-refractivity contribution in [2.45, 2.75) is 51.5 Å². The molecule has 3 atom stereocenters. The molecule has 0 spiro atoms. The molecule has 0 aliphatic heterocycles. The summed E-state index contributed by atoms with van der Waals surface area (Å²) in [7, 11) is 3.04. The predicted octanol–water partition coefficient (Wildman–Crippen LogP) is 3.68. The molecule has 124 valence electrons. The van der Waals surface area contributed by atoms with Crippen LogP contribution in [0.1, 0.15) is 51.0 Å². The number of nitrogens with one attached hydrogen (secondary N) is 1. The fourth-order valence-corrected chi connectivity index (χ4v) is 2.80. The van der Waals surface area contributed by atoms with Crippen LogP contribution in [0.25, 0.3) is 0 Å². The van der Waals surface area contributed by atoms with Gasteiger partial charge in [-0.3, -0.25) is 4.79 Å². The van der Waals surface area contributed by atoms with Crippen molar-refractivity contribution in [2.24, 2.45) is 5.92 Å². The largest absolute Gasteiger partial charge is 0.469 e. The molecule has 0 aliphatic rings. The first-order valence-electron chi connectivity index (χ1n) is 8.05. The van der Waals surface area contributed by atoms with E-state index in [2.05, 4.69) is 31.5 Å². The van der Waals surface area contributed by atoms with Crippen molar-refractivity contribution in [3.8, 4) is 0 Å². The van der Waals surface area contributed by atoms with Crippen molar-refractivity contribution in [1.29, 1.82) is 0 Å². The van der Waals surface area contributed by atoms with Gasteiger partial charge in [0.1, 0.15) is 0 Å². The summed E-state index contributed by atoms with van der Waals surface area (Å²) in [5.74, 6) is -0.0121. The first-order valence-corrected chi connectivity index (χ1v) is 8.05. The normalized spacial score (nSPS) is 15.1. The number of methoxy groups -OCH3 is 1. The van der Waals surface area contributed by atoms with Gasteiger partial charge in [-0.05, 0) is 24.3 Å². The molecule has 3 unspecified atom stereocenters. The van der Waals surface area contributed by atoms with Gasteiger partial charge in [0.05, 0.1) is 20.1 Å². The molecule has 1 rings (SSSR count). The fourth-order valence-electron chi connectivity index (χ4n) is 2.80. The van der Waals surface area contributed by atoms with E-state index in [9.17, 15) is 4.79 Å². The summed E-state index contributed by atoms with van der Waals surface area (Å²) in [4.78, 5) is 17.3. The van der Waals surface area contributed by atoms with Gasteiger partial charge in [-0.1, -0.05) is 57.0 Å². The van der Waals surface area contributed by atoms with Crippen molar-refractivity contribution in [2.75, 3.05) is 14.2 Å². The van der Waals surface area contributed by atoms with Gasteiger partial charge in [0.2, 0.25) is 0 Å². The van der Waals surface area contributed by atoms with Gasteiger partial charge in [0.15, 0.2) is 0 Å². The molecule has 0 amide bonds. The molecule has 4 heteroatoms. The van der Waals surface area contributed by atoms with E-state index >= 15 is 0 Å². The van der Waals surface area contributed by atoms with Gasteiger partial charge in [-0.25, -0.2) is 0 Å². The summed E-state index contributed by atoms with van der Waals surface area (Å²) in [5, 5.41) is 0. The van der Waals surface area contributed by atoms with Gasteiger partial charge >= 0.3 is 5.97 Å². The number of carbonyl (C=O) groups is 1. The number of hydrogen-bond acceptors (Lipinski definition) is 4. The zero-order valence-corrected chi connectivity index (χ0v) is 14.2. The second kappa shape index (κ2) is 10.4. The number of benzene rings is 1. The highest BCUT2D eigenvalue weighted by molar-refractivity contribution is 5.73. The van der Waals surface area contributed by atoms with Crippen molar-refractivity contribution in [3.05, 3.63) is 35.9 Å². The topological polar surface area (TPSA) is 47.6 Å². The van der Waals surface area contributed by atoms with Crippen LogP contribution in [0.5, 0.6) is 0 Å². The maximum atomic E-state index is 12.1. The Balaban J connectivity index is 2.81. The fraction of sp³-hybridized carbons (Fsp3) is 0.611. The standard InChI is InChI=1S/C18H29NO3/c1-5-6-12-16(18(20)21-3)17(19-22-4)13-14(2)15-10-8-7-9-11-15/h7-11,14,16-17,19H,5-6,12-13H2,1-4H3. The minimum absolute atomic E-state index is 0.0563. The maximum absolute atomic E-state index is 12.1. The Hall–Kier alpha value is -1.39. The monoisotopic (exact) mass is 307 g/mol. The highest BCUT2D eigenvalue weighted by Crippen LogP contribution is 2.26. The van der Waals surface area contributed by atoms with Crippen LogP contribution in [0, 0.1) is 5.92 Å². The third-order valence-electron chi connectivity index (χ3n) is 4.10. The van der Waals surface area contributed by atoms with Crippen molar-refractivity contribution < 1.29 is 14.4 Å². The van der Waals surface area contributed by atoms with Crippen LogP contribution < -0.4 is 5.48 Å². The Labute approximate surface area is 134 Å². The summed E-state index contributed by atoms with van der Waals surface area (Å²) < 4.78 is 4.99. The van der Waals surface area contributed by atoms with E-state index in [-0.39, 0.29) is 17.9 Å². The number of rotatable bonds is 10. The quantitative estimate of drug-likeness (QED) is 0.529. The number of ether oxygens (including phenoxy) is 1.